The van der Waals surface area contributed by atoms with Gasteiger partial charge in [0.05, 0.1) is 19.2 Å². The van der Waals surface area contributed by atoms with Crippen molar-refractivity contribution in [2.75, 3.05) is 0 Å². The zero-order chi connectivity index (χ0) is 22.2. The number of oxazole rings is 1. The number of benzene rings is 2. The molecule has 1 aliphatic rings. The molecular weight excluding hydrogens is 422 g/mol. The van der Waals surface area contributed by atoms with Gasteiger partial charge in [-0.2, -0.15) is 9.97 Å². The number of carbonyl (C=O) groups is 1. The zero-order valence-corrected chi connectivity index (χ0v) is 17.0. The Hall–Kier alpha value is -4.84. The van der Waals surface area contributed by atoms with Crippen molar-refractivity contribution in [3.63, 3.8) is 0 Å². The highest BCUT2D eigenvalue weighted by Gasteiger charge is 2.32. The summed E-state index contributed by atoms with van der Waals surface area (Å²) in [7, 11) is 0. The maximum atomic E-state index is 13.0. The van der Waals surface area contributed by atoms with Crippen molar-refractivity contribution in [3.8, 4) is 16.6 Å². The number of fused-ring (bicyclic) bond motifs is 2. The molecule has 0 N–H and O–H groups in total. The summed E-state index contributed by atoms with van der Waals surface area (Å²) in [4.78, 5) is 29.1. The lowest BCUT2D eigenvalue weighted by atomic mass is 10.0. The Kier molecular flexibility index (Phi) is 4.45. The molecule has 0 amide bonds. The monoisotopic (exact) mass is 431 g/mol. The first-order valence-electron chi connectivity index (χ1n) is 9.26. The van der Waals surface area contributed by atoms with Gasteiger partial charge in [-0.3, -0.25) is 4.79 Å². The van der Waals surface area contributed by atoms with Gasteiger partial charge in [-0.1, -0.05) is 59.9 Å². The van der Waals surface area contributed by atoms with Crippen molar-refractivity contribution in [3.05, 3.63) is 99.7 Å². The van der Waals surface area contributed by atoms with Gasteiger partial charge in [0.15, 0.2) is 16.3 Å². The maximum absolute atomic E-state index is 13.0. The minimum atomic E-state index is -0.290. The lowest BCUT2D eigenvalue weighted by Crippen LogP contribution is -1.95. The third kappa shape index (κ3) is 2.98. The number of aromatic nitrogens is 2. The summed E-state index contributed by atoms with van der Waals surface area (Å²) in [6.45, 7) is 14.4. The van der Waals surface area contributed by atoms with E-state index >= 15 is 0 Å². The third-order valence-corrected chi connectivity index (χ3v) is 5.89. The first-order chi connectivity index (χ1) is 15.6. The third-order valence-electron chi connectivity index (χ3n) is 4.91. The van der Waals surface area contributed by atoms with Crippen molar-refractivity contribution in [1.29, 1.82) is 5.26 Å². The van der Waals surface area contributed by atoms with Gasteiger partial charge in [0, 0.05) is 28.3 Å². The van der Waals surface area contributed by atoms with Gasteiger partial charge in [-0.15, -0.1) is 0 Å². The smallest absolute Gasteiger partial charge is 0.270 e. The van der Waals surface area contributed by atoms with Crippen LogP contribution in [0.4, 0.5) is 5.69 Å². The summed E-state index contributed by atoms with van der Waals surface area (Å²) in [5, 5.41) is 10.1. The van der Waals surface area contributed by atoms with Gasteiger partial charge in [-0.25, -0.2) is 15.0 Å². The molecule has 148 valence electrons. The maximum Gasteiger partial charge on any atom is 0.270 e. The Balaban J connectivity index is 1.58. The summed E-state index contributed by atoms with van der Waals surface area (Å²) in [5.74, 6) is -0.119. The quantitative estimate of drug-likeness (QED) is 0.223. The molecule has 32 heavy (non-hydrogen) atoms. The molecule has 0 saturated heterocycles. The average molecular weight is 431 g/mol. The van der Waals surface area contributed by atoms with Crippen LogP contribution in [0, 0.1) is 24.5 Å². The van der Waals surface area contributed by atoms with Gasteiger partial charge in [0.1, 0.15) is 5.01 Å². The van der Waals surface area contributed by atoms with Crippen LogP contribution < -0.4 is 0 Å². The summed E-state index contributed by atoms with van der Waals surface area (Å²) in [6.07, 6.45) is 1.46. The number of carbonyl (C=O) groups excluding carboxylic acids is 1. The van der Waals surface area contributed by atoms with Crippen LogP contribution in [0.2, 0.25) is 0 Å². The number of rotatable bonds is 2. The molecule has 0 radical (unpaired) electrons. The Morgan fingerprint density at radius 3 is 2.50 bits per heavy atom. The number of nitrogens with zero attached hydrogens (tertiary/aromatic N) is 5. The van der Waals surface area contributed by atoms with Crippen LogP contribution in [0.3, 0.4) is 0 Å². The molecule has 2 heterocycles. The molecule has 2 aromatic carbocycles. The minimum Gasteiger partial charge on any atom is -0.417 e. The SMILES string of the molecule is [C-]#[N+]/C(C#N)=C1\C(=C\c2nc3sc(-c4ccc([N+]#[C-])cc4)nc3o2)C(=O)c2ccccc21. The Bertz CT molecular complexity index is 1570. The van der Waals surface area contributed by atoms with Gasteiger partial charge >= 0.3 is 0 Å². The summed E-state index contributed by atoms with van der Waals surface area (Å²) < 4.78 is 5.75. The fourth-order valence-corrected chi connectivity index (χ4v) is 4.35. The lowest BCUT2D eigenvalue weighted by Gasteiger charge is -2.00. The van der Waals surface area contributed by atoms with Crippen LogP contribution in [0.15, 0.2) is 64.2 Å². The first-order valence-corrected chi connectivity index (χ1v) is 10.1. The molecule has 0 aliphatic heterocycles. The Morgan fingerprint density at radius 2 is 1.84 bits per heavy atom. The van der Waals surface area contributed by atoms with Gasteiger partial charge in [0.25, 0.3) is 11.4 Å². The second-order valence-corrected chi connectivity index (χ2v) is 7.70. The van der Waals surface area contributed by atoms with Crippen LogP contribution in [0.25, 0.3) is 42.5 Å². The van der Waals surface area contributed by atoms with Crippen molar-refractivity contribution in [1.82, 2.24) is 9.97 Å². The normalized spacial score (nSPS) is 15.3. The highest BCUT2D eigenvalue weighted by atomic mass is 32.1. The first kappa shape index (κ1) is 19.1. The molecule has 0 saturated carbocycles. The molecule has 0 atom stereocenters. The van der Waals surface area contributed by atoms with Crippen molar-refractivity contribution in [2.45, 2.75) is 0 Å². The van der Waals surface area contributed by atoms with Crippen LogP contribution in [-0.4, -0.2) is 15.8 Å². The van der Waals surface area contributed by atoms with Crippen LogP contribution in [0.1, 0.15) is 21.8 Å². The number of Topliss-reactive ketones (excluding diaryl/α,β-unsaturated/α-hetero) is 1. The van der Waals surface area contributed by atoms with E-state index in [9.17, 15) is 10.1 Å². The van der Waals surface area contributed by atoms with Crippen molar-refractivity contribution < 1.29 is 9.21 Å². The predicted octanol–water partition coefficient (Wildman–Crippen LogP) is 5.94. The van der Waals surface area contributed by atoms with Gasteiger partial charge < -0.3 is 4.42 Å². The number of hydrogen-bond donors (Lipinski definition) is 0. The minimum absolute atomic E-state index is 0.161. The number of nitriles is 1. The molecule has 0 spiro atoms. The molecule has 1 aliphatic carbocycles. The fourth-order valence-electron chi connectivity index (χ4n) is 3.48. The Labute approximate surface area is 185 Å². The predicted molar refractivity (Wildman–Crippen MR) is 119 cm³/mol. The molecule has 0 unspecified atom stereocenters. The van der Waals surface area contributed by atoms with E-state index in [1.807, 2.05) is 18.2 Å². The second kappa shape index (κ2) is 7.45. The Morgan fingerprint density at radius 1 is 1.09 bits per heavy atom. The second-order valence-electron chi connectivity index (χ2n) is 6.72. The summed E-state index contributed by atoms with van der Waals surface area (Å²) in [5.41, 5.74) is 3.02. The summed E-state index contributed by atoms with van der Waals surface area (Å²) >= 11 is 1.33. The van der Waals surface area contributed by atoms with Crippen molar-refractivity contribution in [2.24, 2.45) is 0 Å². The van der Waals surface area contributed by atoms with Gasteiger partial charge in [0.2, 0.25) is 5.89 Å². The molecule has 0 fully saturated rings. The molecule has 8 heteroatoms. The molecule has 4 aromatic rings. The molecule has 2 aromatic heterocycles. The largest absolute Gasteiger partial charge is 0.417 e. The van der Waals surface area contributed by atoms with E-state index in [2.05, 4.69) is 19.7 Å². The van der Waals surface area contributed by atoms with E-state index in [4.69, 9.17) is 17.6 Å². The standard InChI is InChI=1S/C24H9N5O2S/c1-26-14-9-7-13(8-10-14)23-29-22-24(32-23)28-19(31-22)11-17-20(18(12-25)27-2)15-5-3-4-6-16(15)21(17)30/h3-11H/b17-11-,20-18-. The highest BCUT2D eigenvalue weighted by molar-refractivity contribution is 7.21. The van der Waals surface area contributed by atoms with Crippen LogP contribution >= 0.6 is 11.3 Å². The van der Waals surface area contributed by atoms with E-state index < -0.39 is 0 Å². The molecular formula is C24H9N5O2S. The van der Waals surface area contributed by atoms with Crippen LogP contribution in [-0.2, 0) is 0 Å². The van der Waals surface area contributed by atoms with Crippen molar-refractivity contribution >= 4 is 45.0 Å². The van der Waals surface area contributed by atoms with E-state index in [1.54, 1.807) is 36.4 Å². The van der Waals surface area contributed by atoms with E-state index in [0.717, 1.165) is 5.56 Å². The zero-order valence-electron chi connectivity index (χ0n) is 16.2. The molecule has 5 rings (SSSR count). The number of hydrogen-bond acceptors (Lipinski definition) is 6. The number of allylic oxidation sites excluding steroid dienone is 3. The topological polar surface area (TPSA) is 88.5 Å². The van der Waals surface area contributed by atoms with Crippen LogP contribution in [0.5, 0.6) is 0 Å². The lowest BCUT2D eigenvalue weighted by molar-refractivity contribution is 0.104. The summed E-state index contributed by atoms with van der Waals surface area (Å²) in [6, 6.07) is 15.8. The number of ketones is 1. The number of thiazole rings is 1. The van der Waals surface area contributed by atoms with E-state index in [0.29, 0.717) is 37.9 Å². The highest BCUT2D eigenvalue weighted by Crippen LogP contribution is 2.40. The van der Waals surface area contributed by atoms with E-state index in [1.165, 1.54) is 17.4 Å². The van der Waals surface area contributed by atoms with E-state index in [-0.39, 0.29) is 22.9 Å². The fraction of sp³-hybridized carbons (Fsp3) is 0. The molecule has 0 bridgehead atoms. The molecule has 7 nitrogen and oxygen atoms in total. The average Bonchev–Trinajstić information content (AvgIpc) is 3.47. The van der Waals surface area contributed by atoms with Gasteiger partial charge in [-0.05, 0) is 5.56 Å².